The standard InChI is InChI=1S/C14H22N4O/c1-10-4-5-17-13(15)11(10)12(19)14(2,3)18-8-6-16-7-9-18/h4-5,16H,6-9H2,1-3H3,(H2,15,17). The average Bonchev–Trinajstić information content (AvgIpc) is 2.39. The van der Waals surface area contributed by atoms with Gasteiger partial charge in [0.05, 0.1) is 11.1 Å². The highest BCUT2D eigenvalue weighted by Crippen LogP contribution is 2.25. The Bertz CT molecular complexity index is 458. The zero-order chi connectivity index (χ0) is 14.0. The van der Waals surface area contributed by atoms with Gasteiger partial charge in [-0.25, -0.2) is 4.98 Å². The van der Waals surface area contributed by atoms with Crippen LogP contribution < -0.4 is 11.1 Å². The second-order valence-corrected chi connectivity index (χ2v) is 5.51. The minimum atomic E-state index is -0.552. The fourth-order valence-electron chi connectivity index (χ4n) is 2.55. The quantitative estimate of drug-likeness (QED) is 0.790. The van der Waals surface area contributed by atoms with E-state index >= 15 is 0 Å². The van der Waals surface area contributed by atoms with Crippen LogP contribution in [0.3, 0.4) is 0 Å². The van der Waals surface area contributed by atoms with Crippen LogP contribution in [0.1, 0.15) is 29.8 Å². The highest BCUT2D eigenvalue weighted by atomic mass is 16.1. The Balaban J connectivity index is 2.31. The molecule has 2 rings (SSSR count). The summed E-state index contributed by atoms with van der Waals surface area (Å²) in [6.45, 7) is 9.41. The van der Waals surface area contributed by atoms with Crippen LogP contribution in [0, 0.1) is 6.92 Å². The average molecular weight is 262 g/mol. The number of hydrogen-bond donors (Lipinski definition) is 2. The Kier molecular flexibility index (Phi) is 3.87. The number of aromatic nitrogens is 1. The van der Waals surface area contributed by atoms with Crippen LogP contribution in [0.4, 0.5) is 5.82 Å². The van der Waals surface area contributed by atoms with E-state index in [0.717, 1.165) is 31.7 Å². The lowest BCUT2D eigenvalue weighted by molar-refractivity contribution is 0.0602. The molecule has 1 aromatic heterocycles. The summed E-state index contributed by atoms with van der Waals surface area (Å²) < 4.78 is 0. The molecule has 0 aromatic carbocycles. The molecule has 0 radical (unpaired) electrons. The van der Waals surface area contributed by atoms with Crippen molar-refractivity contribution in [3.05, 3.63) is 23.4 Å². The summed E-state index contributed by atoms with van der Waals surface area (Å²) in [7, 11) is 0. The van der Waals surface area contributed by atoms with Crippen molar-refractivity contribution in [1.82, 2.24) is 15.2 Å². The summed E-state index contributed by atoms with van der Waals surface area (Å²) >= 11 is 0. The van der Waals surface area contributed by atoms with Crippen molar-refractivity contribution in [2.75, 3.05) is 31.9 Å². The molecule has 104 valence electrons. The van der Waals surface area contributed by atoms with Gasteiger partial charge in [-0.1, -0.05) is 0 Å². The number of piperazine rings is 1. The number of carbonyl (C=O) groups excluding carboxylic acids is 1. The maximum absolute atomic E-state index is 12.8. The molecular weight excluding hydrogens is 240 g/mol. The largest absolute Gasteiger partial charge is 0.383 e. The molecule has 0 bridgehead atoms. The minimum Gasteiger partial charge on any atom is -0.383 e. The normalized spacial score (nSPS) is 17.4. The Morgan fingerprint density at radius 1 is 1.42 bits per heavy atom. The van der Waals surface area contributed by atoms with Crippen LogP contribution in [0.25, 0.3) is 0 Å². The van der Waals surface area contributed by atoms with Gasteiger partial charge in [0.25, 0.3) is 0 Å². The van der Waals surface area contributed by atoms with Crippen LogP contribution in [0.5, 0.6) is 0 Å². The number of hydrogen-bond acceptors (Lipinski definition) is 5. The van der Waals surface area contributed by atoms with E-state index in [2.05, 4.69) is 15.2 Å². The topological polar surface area (TPSA) is 71.2 Å². The number of ketones is 1. The number of pyridine rings is 1. The second-order valence-electron chi connectivity index (χ2n) is 5.51. The molecule has 5 heteroatoms. The van der Waals surface area contributed by atoms with E-state index in [0.29, 0.717) is 11.4 Å². The van der Waals surface area contributed by atoms with E-state index in [9.17, 15) is 4.79 Å². The summed E-state index contributed by atoms with van der Waals surface area (Å²) in [6, 6.07) is 1.83. The number of anilines is 1. The molecule has 0 atom stereocenters. The third kappa shape index (κ3) is 2.62. The van der Waals surface area contributed by atoms with E-state index < -0.39 is 5.54 Å². The van der Waals surface area contributed by atoms with Crippen LogP contribution in [-0.2, 0) is 0 Å². The lowest BCUT2D eigenvalue weighted by Gasteiger charge is -2.40. The van der Waals surface area contributed by atoms with Crippen molar-refractivity contribution in [1.29, 1.82) is 0 Å². The first-order chi connectivity index (χ1) is 8.94. The Morgan fingerprint density at radius 3 is 2.63 bits per heavy atom. The molecule has 2 heterocycles. The molecule has 1 saturated heterocycles. The highest BCUT2D eigenvalue weighted by Gasteiger charge is 2.37. The first-order valence-corrected chi connectivity index (χ1v) is 6.66. The lowest BCUT2D eigenvalue weighted by atomic mass is 9.89. The van der Waals surface area contributed by atoms with Gasteiger partial charge >= 0.3 is 0 Å². The first-order valence-electron chi connectivity index (χ1n) is 6.66. The summed E-state index contributed by atoms with van der Waals surface area (Å²) in [5.74, 6) is 0.380. The van der Waals surface area contributed by atoms with Gasteiger partial charge in [-0.2, -0.15) is 0 Å². The van der Waals surface area contributed by atoms with Crippen molar-refractivity contribution in [3.63, 3.8) is 0 Å². The fraction of sp³-hybridized carbons (Fsp3) is 0.571. The van der Waals surface area contributed by atoms with Crippen molar-refractivity contribution in [2.45, 2.75) is 26.3 Å². The number of carbonyl (C=O) groups is 1. The smallest absolute Gasteiger partial charge is 0.186 e. The molecule has 1 aliphatic rings. The van der Waals surface area contributed by atoms with Crippen molar-refractivity contribution in [3.8, 4) is 0 Å². The van der Waals surface area contributed by atoms with Gasteiger partial charge in [0.2, 0.25) is 0 Å². The van der Waals surface area contributed by atoms with E-state index in [-0.39, 0.29) is 5.78 Å². The highest BCUT2D eigenvalue weighted by molar-refractivity contribution is 6.07. The minimum absolute atomic E-state index is 0.0532. The van der Waals surface area contributed by atoms with Crippen molar-refractivity contribution >= 4 is 11.6 Å². The monoisotopic (exact) mass is 262 g/mol. The van der Waals surface area contributed by atoms with Gasteiger partial charge in [-0.15, -0.1) is 0 Å². The molecule has 1 aromatic rings. The van der Waals surface area contributed by atoms with Crippen molar-refractivity contribution in [2.24, 2.45) is 0 Å². The van der Waals surface area contributed by atoms with Gasteiger partial charge in [-0.05, 0) is 32.4 Å². The van der Waals surface area contributed by atoms with Crippen molar-refractivity contribution < 1.29 is 4.79 Å². The zero-order valence-corrected chi connectivity index (χ0v) is 11.9. The second kappa shape index (κ2) is 5.27. The SMILES string of the molecule is Cc1ccnc(N)c1C(=O)C(C)(C)N1CCNCC1. The summed E-state index contributed by atoms with van der Waals surface area (Å²) in [5, 5.41) is 3.30. The predicted octanol–water partition coefficient (Wildman–Crippen LogP) is 0.839. The summed E-state index contributed by atoms with van der Waals surface area (Å²) in [4.78, 5) is 19.1. The number of nitrogens with one attached hydrogen (secondary N) is 1. The molecule has 0 amide bonds. The third-order valence-corrected chi connectivity index (χ3v) is 3.88. The molecule has 3 N–H and O–H groups in total. The molecule has 1 aliphatic heterocycles. The summed E-state index contributed by atoms with van der Waals surface area (Å²) in [5.41, 5.74) is 6.78. The van der Waals surface area contributed by atoms with E-state index in [4.69, 9.17) is 5.73 Å². The lowest BCUT2D eigenvalue weighted by Crippen LogP contribution is -2.57. The van der Waals surface area contributed by atoms with Crippen LogP contribution in [0.2, 0.25) is 0 Å². The Hall–Kier alpha value is -1.46. The molecule has 1 fully saturated rings. The third-order valence-electron chi connectivity index (χ3n) is 3.88. The Morgan fingerprint density at radius 2 is 2.05 bits per heavy atom. The molecule has 0 aliphatic carbocycles. The van der Waals surface area contributed by atoms with Gasteiger partial charge in [0.1, 0.15) is 5.82 Å². The Labute approximate surface area is 114 Å². The maximum atomic E-state index is 12.8. The van der Waals surface area contributed by atoms with Gasteiger partial charge in [0.15, 0.2) is 5.78 Å². The number of Topliss-reactive ketones (excluding diaryl/α,β-unsaturated/α-hetero) is 1. The van der Waals surface area contributed by atoms with Gasteiger partial charge in [-0.3, -0.25) is 9.69 Å². The molecule has 0 saturated carbocycles. The van der Waals surface area contributed by atoms with Gasteiger partial charge in [0, 0.05) is 32.4 Å². The fourth-order valence-corrected chi connectivity index (χ4v) is 2.55. The predicted molar refractivity (Wildman–Crippen MR) is 76.2 cm³/mol. The maximum Gasteiger partial charge on any atom is 0.186 e. The summed E-state index contributed by atoms with van der Waals surface area (Å²) in [6.07, 6.45) is 1.64. The van der Waals surface area contributed by atoms with Crippen LogP contribution in [0.15, 0.2) is 12.3 Å². The molecular formula is C14H22N4O. The number of rotatable bonds is 3. The number of aryl methyl sites for hydroxylation is 1. The number of nitrogens with two attached hydrogens (primary N) is 1. The molecule has 5 nitrogen and oxygen atoms in total. The zero-order valence-electron chi connectivity index (χ0n) is 11.9. The van der Waals surface area contributed by atoms with E-state index in [1.807, 2.05) is 26.8 Å². The van der Waals surface area contributed by atoms with E-state index in [1.54, 1.807) is 6.20 Å². The van der Waals surface area contributed by atoms with Crippen LogP contribution in [-0.4, -0.2) is 47.4 Å². The number of nitrogens with zero attached hydrogens (tertiary/aromatic N) is 2. The molecule has 19 heavy (non-hydrogen) atoms. The van der Waals surface area contributed by atoms with Gasteiger partial charge < -0.3 is 11.1 Å². The number of nitrogen functional groups attached to an aromatic ring is 1. The van der Waals surface area contributed by atoms with E-state index in [1.165, 1.54) is 0 Å². The first kappa shape index (κ1) is 14.0. The van der Waals surface area contributed by atoms with Crippen LogP contribution >= 0.6 is 0 Å². The molecule has 0 unspecified atom stereocenters. The molecule has 0 spiro atoms.